The van der Waals surface area contributed by atoms with Crippen LogP contribution in [0.25, 0.3) is 0 Å². The van der Waals surface area contributed by atoms with Crippen molar-refractivity contribution in [2.75, 3.05) is 18.0 Å². The Bertz CT molecular complexity index is 748. The lowest BCUT2D eigenvalue weighted by atomic mass is 9.94. The molecule has 2 aromatic heterocycles. The van der Waals surface area contributed by atoms with Gasteiger partial charge >= 0.3 is 0 Å². The van der Waals surface area contributed by atoms with Gasteiger partial charge in [0.05, 0.1) is 5.69 Å². The van der Waals surface area contributed by atoms with Crippen molar-refractivity contribution in [3.63, 3.8) is 0 Å². The lowest BCUT2D eigenvalue weighted by molar-refractivity contribution is 0.369. The second kappa shape index (κ2) is 6.32. The van der Waals surface area contributed by atoms with Gasteiger partial charge in [0.1, 0.15) is 11.6 Å². The molecule has 120 valence electrons. The topological polar surface area (TPSA) is 91.7 Å². The van der Waals surface area contributed by atoms with Crippen molar-refractivity contribution in [3.05, 3.63) is 28.5 Å². The van der Waals surface area contributed by atoms with Gasteiger partial charge in [0.25, 0.3) is 0 Å². The molecule has 3 rings (SSSR count). The molecule has 1 unspecified atom stereocenters. The maximum atomic E-state index is 9.48. The Hall–Kier alpha value is -2.49. The van der Waals surface area contributed by atoms with Crippen molar-refractivity contribution in [2.45, 2.75) is 40.0 Å². The fraction of sp³-hybridized carbons (Fsp3) is 0.562. The molecule has 1 fully saturated rings. The van der Waals surface area contributed by atoms with Crippen LogP contribution in [0.1, 0.15) is 41.4 Å². The zero-order valence-electron chi connectivity index (χ0n) is 13.7. The maximum Gasteiger partial charge on any atom is 0.223 e. The summed E-state index contributed by atoms with van der Waals surface area (Å²) in [6, 6.07) is 2.29. The molecular weight excluding hydrogens is 292 g/mol. The predicted molar refractivity (Wildman–Crippen MR) is 83.9 cm³/mol. The third-order valence-electron chi connectivity index (χ3n) is 4.41. The molecule has 23 heavy (non-hydrogen) atoms. The van der Waals surface area contributed by atoms with Crippen LogP contribution in [0.3, 0.4) is 0 Å². The summed E-state index contributed by atoms with van der Waals surface area (Å²) >= 11 is 0. The second-order valence-electron chi connectivity index (χ2n) is 6.11. The standard InChI is InChI=1S/C16H20N6O/c1-10-11(2)19-20-16(14(10)8-17)22-6-4-5-13(9-22)7-15-18-12(3)23-21-15/h13H,4-7,9H2,1-3H3. The highest BCUT2D eigenvalue weighted by molar-refractivity contribution is 5.57. The molecule has 0 bridgehead atoms. The summed E-state index contributed by atoms with van der Waals surface area (Å²) in [5, 5.41) is 21.9. The molecule has 1 aliphatic heterocycles. The summed E-state index contributed by atoms with van der Waals surface area (Å²) in [6.07, 6.45) is 2.96. The zero-order valence-corrected chi connectivity index (χ0v) is 13.7. The van der Waals surface area contributed by atoms with Crippen LogP contribution in [-0.4, -0.2) is 33.4 Å². The Labute approximate surface area is 135 Å². The molecule has 1 saturated heterocycles. The van der Waals surface area contributed by atoms with E-state index in [9.17, 15) is 5.26 Å². The van der Waals surface area contributed by atoms with Crippen LogP contribution < -0.4 is 4.90 Å². The van der Waals surface area contributed by atoms with E-state index in [2.05, 4.69) is 31.3 Å². The van der Waals surface area contributed by atoms with Gasteiger partial charge < -0.3 is 9.42 Å². The SMILES string of the molecule is Cc1nc(CC2CCCN(c3nnc(C)c(C)c3C#N)C2)no1. The van der Waals surface area contributed by atoms with Crippen LogP contribution >= 0.6 is 0 Å². The van der Waals surface area contributed by atoms with Crippen LogP contribution in [0, 0.1) is 38.0 Å². The molecule has 3 heterocycles. The normalized spacial score (nSPS) is 18.0. The lowest BCUT2D eigenvalue weighted by Gasteiger charge is -2.33. The van der Waals surface area contributed by atoms with Crippen LogP contribution in [0.4, 0.5) is 5.82 Å². The quantitative estimate of drug-likeness (QED) is 0.857. The van der Waals surface area contributed by atoms with Crippen molar-refractivity contribution in [1.82, 2.24) is 20.3 Å². The van der Waals surface area contributed by atoms with E-state index in [1.807, 2.05) is 13.8 Å². The van der Waals surface area contributed by atoms with Crippen LogP contribution in [-0.2, 0) is 6.42 Å². The van der Waals surface area contributed by atoms with Crippen LogP contribution in [0.5, 0.6) is 0 Å². The first kappa shape index (κ1) is 15.4. The van der Waals surface area contributed by atoms with E-state index in [-0.39, 0.29) is 0 Å². The van der Waals surface area contributed by atoms with Crippen molar-refractivity contribution in [3.8, 4) is 6.07 Å². The zero-order chi connectivity index (χ0) is 16.4. The number of hydrogen-bond acceptors (Lipinski definition) is 7. The minimum absolute atomic E-state index is 0.427. The van der Waals surface area contributed by atoms with Gasteiger partial charge in [0.2, 0.25) is 5.89 Å². The third kappa shape index (κ3) is 3.16. The van der Waals surface area contributed by atoms with Crippen molar-refractivity contribution in [2.24, 2.45) is 5.92 Å². The molecule has 0 radical (unpaired) electrons. The summed E-state index contributed by atoms with van der Waals surface area (Å²) in [7, 11) is 0. The molecule has 0 spiro atoms. The molecule has 0 N–H and O–H groups in total. The fourth-order valence-corrected chi connectivity index (χ4v) is 3.06. The van der Waals surface area contributed by atoms with Gasteiger partial charge in [0, 0.05) is 26.4 Å². The van der Waals surface area contributed by atoms with Crippen LogP contribution in [0.2, 0.25) is 0 Å². The molecule has 0 aromatic carbocycles. The van der Waals surface area contributed by atoms with Crippen molar-refractivity contribution >= 4 is 5.82 Å². The molecule has 1 atom stereocenters. The summed E-state index contributed by atoms with van der Waals surface area (Å²) in [5.74, 6) is 2.47. The first-order valence-electron chi connectivity index (χ1n) is 7.86. The maximum absolute atomic E-state index is 9.48. The molecule has 1 aliphatic rings. The van der Waals surface area contributed by atoms with E-state index in [0.717, 1.165) is 49.4 Å². The van der Waals surface area contributed by atoms with E-state index in [1.54, 1.807) is 6.92 Å². The largest absolute Gasteiger partial charge is 0.354 e. The number of nitriles is 1. The Morgan fingerprint density at radius 2 is 2.13 bits per heavy atom. The Morgan fingerprint density at radius 1 is 1.30 bits per heavy atom. The highest BCUT2D eigenvalue weighted by atomic mass is 16.5. The van der Waals surface area contributed by atoms with Gasteiger partial charge in [-0.3, -0.25) is 0 Å². The summed E-state index contributed by atoms with van der Waals surface area (Å²) < 4.78 is 5.04. The summed E-state index contributed by atoms with van der Waals surface area (Å²) in [6.45, 7) is 7.33. The number of hydrogen-bond donors (Lipinski definition) is 0. The third-order valence-corrected chi connectivity index (χ3v) is 4.41. The molecule has 0 saturated carbocycles. The smallest absolute Gasteiger partial charge is 0.223 e. The first-order chi connectivity index (χ1) is 11.1. The number of aryl methyl sites for hydroxylation is 2. The lowest BCUT2D eigenvalue weighted by Crippen LogP contribution is -2.37. The molecular formula is C16H20N6O. The number of nitrogens with zero attached hydrogens (tertiary/aromatic N) is 6. The minimum Gasteiger partial charge on any atom is -0.354 e. The molecule has 2 aromatic rings. The van der Waals surface area contributed by atoms with E-state index in [4.69, 9.17) is 4.52 Å². The van der Waals surface area contributed by atoms with Gasteiger partial charge in [-0.1, -0.05) is 5.16 Å². The van der Waals surface area contributed by atoms with Gasteiger partial charge in [0.15, 0.2) is 11.6 Å². The summed E-state index contributed by atoms with van der Waals surface area (Å²) in [4.78, 5) is 6.45. The molecule has 7 nitrogen and oxygen atoms in total. The number of rotatable bonds is 3. The highest BCUT2D eigenvalue weighted by Gasteiger charge is 2.25. The molecule has 0 aliphatic carbocycles. The highest BCUT2D eigenvalue weighted by Crippen LogP contribution is 2.27. The summed E-state index contributed by atoms with van der Waals surface area (Å²) in [5.41, 5.74) is 2.35. The van der Waals surface area contributed by atoms with E-state index >= 15 is 0 Å². The Morgan fingerprint density at radius 3 is 2.83 bits per heavy atom. The second-order valence-corrected chi connectivity index (χ2v) is 6.11. The van der Waals surface area contributed by atoms with Gasteiger partial charge in [-0.05, 0) is 38.2 Å². The van der Waals surface area contributed by atoms with Gasteiger partial charge in [-0.15, -0.1) is 5.10 Å². The van der Waals surface area contributed by atoms with E-state index in [0.29, 0.717) is 23.2 Å². The average Bonchev–Trinajstić information content (AvgIpc) is 2.95. The first-order valence-corrected chi connectivity index (χ1v) is 7.86. The predicted octanol–water partition coefficient (Wildman–Crippen LogP) is 2.12. The fourth-order valence-electron chi connectivity index (χ4n) is 3.06. The van der Waals surface area contributed by atoms with Gasteiger partial charge in [-0.25, -0.2) is 0 Å². The molecule has 0 amide bonds. The Kier molecular flexibility index (Phi) is 4.24. The van der Waals surface area contributed by atoms with Crippen LogP contribution in [0.15, 0.2) is 4.52 Å². The monoisotopic (exact) mass is 312 g/mol. The minimum atomic E-state index is 0.427. The average molecular weight is 312 g/mol. The number of piperidine rings is 1. The number of aromatic nitrogens is 4. The van der Waals surface area contributed by atoms with Crippen molar-refractivity contribution in [1.29, 1.82) is 5.26 Å². The van der Waals surface area contributed by atoms with Crippen molar-refractivity contribution < 1.29 is 4.52 Å². The van der Waals surface area contributed by atoms with E-state index < -0.39 is 0 Å². The van der Waals surface area contributed by atoms with Gasteiger partial charge in [-0.2, -0.15) is 15.3 Å². The number of anilines is 1. The van der Waals surface area contributed by atoms with E-state index in [1.165, 1.54) is 0 Å². The molecule has 7 heteroatoms. The Balaban J connectivity index is 1.79.